The number of hydrogen-bond donors (Lipinski definition) is 1. The maximum atomic E-state index is 12.6. The van der Waals surface area contributed by atoms with Gasteiger partial charge in [-0.3, -0.25) is 0 Å². The van der Waals surface area contributed by atoms with E-state index in [9.17, 15) is 18.3 Å². The zero-order valence-electron chi connectivity index (χ0n) is 11.3. The minimum atomic E-state index is -4.78. The Morgan fingerprint density at radius 3 is 2.27 bits per heavy atom. The van der Waals surface area contributed by atoms with Gasteiger partial charge in [0.2, 0.25) is 0 Å². The van der Waals surface area contributed by atoms with Gasteiger partial charge in [-0.05, 0) is 34.5 Å². The van der Waals surface area contributed by atoms with Crippen molar-refractivity contribution >= 4 is 10.8 Å². The SMILES string of the molecule is Oc1cc(-c2ccccc2OC(F)(F)F)c2ccccc2c1. The van der Waals surface area contributed by atoms with Crippen molar-refractivity contribution in [2.24, 2.45) is 0 Å². The predicted octanol–water partition coefficient (Wildman–Crippen LogP) is 5.11. The van der Waals surface area contributed by atoms with Crippen LogP contribution in [0.4, 0.5) is 13.2 Å². The Morgan fingerprint density at radius 2 is 1.50 bits per heavy atom. The van der Waals surface area contributed by atoms with Crippen LogP contribution in [0.2, 0.25) is 0 Å². The second-order valence-corrected chi connectivity index (χ2v) is 4.76. The molecule has 0 amide bonds. The van der Waals surface area contributed by atoms with Gasteiger partial charge < -0.3 is 9.84 Å². The predicted molar refractivity (Wildman–Crippen MR) is 77.7 cm³/mol. The number of alkyl halides is 3. The van der Waals surface area contributed by atoms with Crippen LogP contribution in [0.5, 0.6) is 11.5 Å². The molecule has 3 rings (SSSR count). The molecule has 0 aliphatic heterocycles. The molecule has 0 saturated heterocycles. The molecule has 5 heteroatoms. The first-order valence-electron chi connectivity index (χ1n) is 6.51. The van der Waals surface area contributed by atoms with Crippen molar-refractivity contribution in [3.63, 3.8) is 0 Å². The van der Waals surface area contributed by atoms with Crippen LogP contribution in [0.3, 0.4) is 0 Å². The third-order valence-corrected chi connectivity index (χ3v) is 3.25. The molecule has 0 spiro atoms. The van der Waals surface area contributed by atoms with E-state index in [1.807, 2.05) is 0 Å². The Hall–Kier alpha value is -2.69. The van der Waals surface area contributed by atoms with Crippen molar-refractivity contribution in [2.45, 2.75) is 6.36 Å². The maximum absolute atomic E-state index is 12.6. The van der Waals surface area contributed by atoms with Gasteiger partial charge in [0.25, 0.3) is 0 Å². The zero-order valence-corrected chi connectivity index (χ0v) is 11.3. The Labute approximate surface area is 124 Å². The van der Waals surface area contributed by atoms with Gasteiger partial charge in [-0.2, -0.15) is 0 Å². The van der Waals surface area contributed by atoms with Crippen LogP contribution >= 0.6 is 0 Å². The number of para-hydroxylation sites is 1. The molecule has 0 atom stereocenters. The van der Waals surface area contributed by atoms with Crippen LogP contribution < -0.4 is 4.74 Å². The van der Waals surface area contributed by atoms with Gasteiger partial charge in [-0.15, -0.1) is 13.2 Å². The van der Waals surface area contributed by atoms with Crippen molar-refractivity contribution in [3.8, 4) is 22.6 Å². The van der Waals surface area contributed by atoms with Gasteiger partial charge in [-0.25, -0.2) is 0 Å². The summed E-state index contributed by atoms with van der Waals surface area (Å²) in [6.45, 7) is 0. The van der Waals surface area contributed by atoms with Gasteiger partial charge in [0.15, 0.2) is 0 Å². The highest BCUT2D eigenvalue weighted by atomic mass is 19.4. The summed E-state index contributed by atoms with van der Waals surface area (Å²) < 4.78 is 41.8. The number of aromatic hydroxyl groups is 1. The Balaban J connectivity index is 2.24. The molecule has 22 heavy (non-hydrogen) atoms. The Morgan fingerprint density at radius 1 is 0.818 bits per heavy atom. The molecule has 2 nitrogen and oxygen atoms in total. The number of ether oxygens (including phenoxy) is 1. The molecule has 3 aromatic carbocycles. The van der Waals surface area contributed by atoms with Crippen LogP contribution in [-0.4, -0.2) is 11.5 Å². The summed E-state index contributed by atoms with van der Waals surface area (Å²) in [5.41, 5.74) is 0.752. The van der Waals surface area contributed by atoms with Crippen molar-refractivity contribution in [1.29, 1.82) is 0 Å². The van der Waals surface area contributed by atoms with Crippen LogP contribution in [0, 0.1) is 0 Å². The second-order valence-electron chi connectivity index (χ2n) is 4.76. The summed E-state index contributed by atoms with van der Waals surface area (Å²) in [4.78, 5) is 0. The molecule has 0 bridgehead atoms. The van der Waals surface area contributed by atoms with Gasteiger partial charge >= 0.3 is 6.36 Å². The third-order valence-electron chi connectivity index (χ3n) is 3.25. The van der Waals surface area contributed by atoms with Gasteiger partial charge in [0, 0.05) is 5.56 Å². The van der Waals surface area contributed by atoms with E-state index in [-0.39, 0.29) is 17.1 Å². The number of benzene rings is 3. The van der Waals surface area contributed by atoms with E-state index in [0.717, 1.165) is 10.8 Å². The maximum Gasteiger partial charge on any atom is 0.573 e. The smallest absolute Gasteiger partial charge is 0.508 e. The van der Waals surface area contributed by atoms with E-state index in [1.165, 1.54) is 24.3 Å². The van der Waals surface area contributed by atoms with Gasteiger partial charge in [0.1, 0.15) is 11.5 Å². The molecule has 0 aliphatic carbocycles. The number of hydrogen-bond acceptors (Lipinski definition) is 2. The lowest BCUT2D eigenvalue weighted by Crippen LogP contribution is -2.17. The summed E-state index contributed by atoms with van der Waals surface area (Å²) in [5.74, 6) is -0.318. The summed E-state index contributed by atoms with van der Waals surface area (Å²) in [7, 11) is 0. The lowest BCUT2D eigenvalue weighted by Gasteiger charge is -2.15. The largest absolute Gasteiger partial charge is 0.573 e. The molecular weight excluding hydrogens is 293 g/mol. The van der Waals surface area contributed by atoms with Crippen molar-refractivity contribution in [1.82, 2.24) is 0 Å². The Kier molecular flexibility index (Phi) is 3.41. The summed E-state index contributed by atoms with van der Waals surface area (Å²) in [5, 5.41) is 11.3. The highest BCUT2D eigenvalue weighted by Gasteiger charge is 2.32. The first-order valence-corrected chi connectivity index (χ1v) is 6.51. The van der Waals surface area contributed by atoms with Gasteiger partial charge in [-0.1, -0.05) is 42.5 Å². The number of halogens is 3. The summed E-state index contributed by atoms with van der Waals surface area (Å²) in [6.07, 6.45) is -4.78. The molecule has 1 N–H and O–H groups in total. The lowest BCUT2D eigenvalue weighted by atomic mass is 9.97. The minimum absolute atomic E-state index is 0.0180. The molecule has 0 aliphatic rings. The second kappa shape index (κ2) is 5.26. The topological polar surface area (TPSA) is 29.5 Å². The average Bonchev–Trinajstić information content (AvgIpc) is 2.45. The Bertz CT molecular complexity index is 825. The van der Waals surface area contributed by atoms with Gasteiger partial charge in [0.05, 0.1) is 0 Å². The minimum Gasteiger partial charge on any atom is -0.508 e. The van der Waals surface area contributed by atoms with E-state index in [2.05, 4.69) is 4.74 Å². The first-order chi connectivity index (χ1) is 10.4. The van der Waals surface area contributed by atoms with Crippen LogP contribution in [-0.2, 0) is 0 Å². The fraction of sp³-hybridized carbons (Fsp3) is 0.0588. The molecule has 0 heterocycles. The number of phenols is 1. The van der Waals surface area contributed by atoms with E-state index in [1.54, 1.807) is 36.4 Å². The molecule has 0 saturated carbocycles. The number of fused-ring (bicyclic) bond motifs is 1. The van der Waals surface area contributed by atoms with Crippen molar-refractivity contribution < 1.29 is 23.0 Å². The number of phenolic OH excluding ortho intramolecular Hbond substituents is 1. The normalized spacial score (nSPS) is 11.6. The molecule has 0 fully saturated rings. The van der Waals surface area contributed by atoms with Crippen molar-refractivity contribution in [2.75, 3.05) is 0 Å². The highest BCUT2D eigenvalue weighted by Crippen LogP contribution is 2.39. The molecule has 3 aromatic rings. The van der Waals surface area contributed by atoms with Crippen molar-refractivity contribution in [3.05, 3.63) is 60.7 Å². The molecule has 0 radical (unpaired) electrons. The molecule has 112 valence electrons. The fourth-order valence-corrected chi connectivity index (χ4v) is 2.42. The first kappa shape index (κ1) is 14.3. The van der Waals surface area contributed by atoms with Crippen LogP contribution in [0.1, 0.15) is 0 Å². The molecular formula is C17H11F3O2. The quantitative estimate of drug-likeness (QED) is 0.713. The summed E-state index contributed by atoms with van der Waals surface area (Å²) in [6, 6.07) is 16.0. The number of rotatable bonds is 2. The molecule has 0 unspecified atom stereocenters. The zero-order chi connectivity index (χ0) is 15.7. The van der Waals surface area contributed by atoms with E-state index < -0.39 is 6.36 Å². The third kappa shape index (κ3) is 2.83. The van der Waals surface area contributed by atoms with Crippen LogP contribution in [0.25, 0.3) is 21.9 Å². The van der Waals surface area contributed by atoms with E-state index >= 15 is 0 Å². The van der Waals surface area contributed by atoms with E-state index in [4.69, 9.17) is 0 Å². The highest BCUT2D eigenvalue weighted by molar-refractivity contribution is 5.99. The van der Waals surface area contributed by atoms with E-state index in [0.29, 0.717) is 5.56 Å². The monoisotopic (exact) mass is 304 g/mol. The molecule has 0 aromatic heterocycles. The lowest BCUT2D eigenvalue weighted by molar-refractivity contribution is -0.274. The standard InChI is InChI=1S/C17H11F3O2/c18-17(19,20)22-16-8-4-3-7-14(16)15-10-12(21)9-11-5-1-2-6-13(11)15/h1-10,21H. The van der Waals surface area contributed by atoms with Crippen LogP contribution in [0.15, 0.2) is 60.7 Å². The fourth-order valence-electron chi connectivity index (χ4n) is 2.42. The summed E-state index contributed by atoms with van der Waals surface area (Å²) >= 11 is 0. The average molecular weight is 304 g/mol.